The molecule has 2 aromatic carbocycles. The fourth-order valence-electron chi connectivity index (χ4n) is 3.28. The van der Waals surface area contributed by atoms with E-state index in [0.717, 1.165) is 30.3 Å². The molecular formula is C20H20F3NO3. The molecule has 1 fully saturated rings. The highest BCUT2D eigenvalue weighted by atomic mass is 19.4. The van der Waals surface area contributed by atoms with Gasteiger partial charge in [0.15, 0.2) is 0 Å². The average Bonchev–Trinajstić information content (AvgIpc) is 3.08. The summed E-state index contributed by atoms with van der Waals surface area (Å²) in [5, 5.41) is 8.91. The Morgan fingerprint density at radius 2 is 1.96 bits per heavy atom. The first-order valence-electron chi connectivity index (χ1n) is 8.67. The van der Waals surface area contributed by atoms with Crippen molar-refractivity contribution in [2.75, 3.05) is 24.6 Å². The number of carboxylic acid groups (broad SMARTS) is 1. The number of carbonyl (C=O) groups is 1. The van der Waals surface area contributed by atoms with Gasteiger partial charge in [-0.25, -0.2) is 0 Å². The summed E-state index contributed by atoms with van der Waals surface area (Å²) in [6.07, 6.45) is -3.68. The minimum absolute atomic E-state index is 0.0392. The molecule has 0 aliphatic carbocycles. The van der Waals surface area contributed by atoms with Crippen LogP contribution in [0.25, 0.3) is 0 Å². The second-order valence-corrected chi connectivity index (χ2v) is 6.65. The molecule has 2 aromatic rings. The van der Waals surface area contributed by atoms with Crippen LogP contribution in [0.4, 0.5) is 18.9 Å². The van der Waals surface area contributed by atoms with Crippen LogP contribution >= 0.6 is 0 Å². The molecule has 144 valence electrons. The molecule has 4 nitrogen and oxygen atoms in total. The number of nitrogens with zero attached hydrogens (tertiary/aromatic N) is 1. The number of hydrogen-bond acceptors (Lipinski definition) is 3. The number of aliphatic carboxylic acids is 1. The van der Waals surface area contributed by atoms with Crippen LogP contribution in [0.3, 0.4) is 0 Å². The van der Waals surface area contributed by atoms with Gasteiger partial charge in [-0.3, -0.25) is 4.79 Å². The molecular weight excluding hydrogens is 359 g/mol. The smallest absolute Gasteiger partial charge is 0.419 e. The van der Waals surface area contributed by atoms with E-state index < -0.39 is 17.7 Å². The molecule has 1 heterocycles. The summed E-state index contributed by atoms with van der Waals surface area (Å²) in [6.45, 7) is 1.62. The normalized spacial score (nSPS) is 17.1. The molecule has 0 aromatic heterocycles. The maximum Gasteiger partial charge on any atom is 0.419 e. The second kappa shape index (κ2) is 7.90. The Morgan fingerprint density at radius 3 is 2.70 bits per heavy atom. The first-order chi connectivity index (χ1) is 12.8. The molecule has 1 aliphatic rings. The highest BCUT2D eigenvalue weighted by Gasteiger charge is 2.34. The fourth-order valence-corrected chi connectivity index (χ4v) is 3.28. The summed E-state index contributed by atoms with van der Waals surface area (Å²) in [5.74, 6) is -0.926. The van der Waals surface area contributed by atoms with Crippen LogP contribution in [0.5, 0.6) is 5.75 Å². The predicted molar refractivity (Wildman–Crippen MR) is 95.0 cm³/mol. The Kier molecular flexibility index (Phi) is 5.58. The zero-order chi connectivity index (χ0) is 19.4. The van der Waals surface area contributed by atoms with Crippen molar-refractivity contribution >= 4 is 11.7 Å². The topological polar surface area (TPSA) is 49.8 Å². The van der Waals surface area contributed by atoms with Crippen LogP contribution in [0.1, 0.15) is 17.5 Å². The summed E-state index contributed by atoms with van der Waals surface area (Å²) >= 11 is 0. The number of carboxylic acids is 1. The van der Waals surface area contributed by atoms with Gasteiger partial charge in [0.25, 0.3) is 0 Å². The van der Waals surface area contributed by atoms with Gasteiger partial charge in [0.1, 0.15) is 5.75 Å². The largest absolute Gasteiger partial charge is 0.493 e. The summed E-state index contributed by atoms with van der Waals surface area (Å²) in [6, 6.07) is 12.6. The Balaban J connectivity index is 1.61. The quantitative estimate of drug-likeness (QED) is 0.816. The Hall–Kier alpha value is -2.70. The average molecular weight is 379 g/mol. The molecule has 1 aliphatic heterocycles. The Labute approximate surface area is 155 Å². The number of benzene rings is 2. The number of alkyl halides is 3. The van der Waals surface area contributed by atoms with Crippen molar-refractivity contribution in [3.63, 3.8) is 0 Å². The number of anilines is 1. The molecule has 27 heavy (non-hydrogen) atoms. The molecule has 1 saturated heterocycles. The second-order valence-electron chi connectivity index (χ2n) is 6.65. The van der Waals surface area contributed by atoms with Gasteiger partial charge in [-0.15, -0.1) is 0 Å². The number of hydrogen-bond donors (Lipinski definition) is 1. The summed E-state index contributed by atoms with van der Waals surface area (Å²) < 4.78 is 44.6. The highest BCUT2D eigenvalue weighted by Crippen LogP contribution is 2.36. The van der Waals surface area contributed by atoms with Gasteiger partial charge in [-0.2, -0.15) is 13.2 Å². The van der Waals surface area contributed by atoms with Gasteiger partial charge in [0.05, 0.1) is 18.6 Å². The van der Waals surface area contributed by atoms with Crippen molar-refractivity contribution in [3.05, 3.63) is 59.7 Å². The third-order valence-corrected chi connectivity index (χ3v) is 4.58. The molecule has 0 radical (unpaired) electrons. The molecule has 0 bridgehead atoms. The maximum atomic E-state index is 13.0. The summed E-state index contributed by atoms with van der Waals surface area (Å²) in [7, 11) is 0. The van der Waals surface area contributed by atoms with E-state index >= 15 is 0 Å². The number of rotatable bonds is 6. The molecule has 3 rings (SSSR count). The van der Waals surface area contributed by atoms with Crippen molar-refractivity contribution in [2.24, 2.45) is 5.92 Å². The molecule has 7 heteroatoms. The number of para-hydroxylation sites is 1. The lowest BCUT2D eigenvalue weighted by Gasteiger charge is -2.20. The van der Waals surface area contributed by atoms with E-state index in [1.165, 1.54) is 18.2 Å². The zero-order valence-corrected chi connectivity index (χ0v) is 14.6. The van der Waals surface area contributed by atoms with Gasteiger partial charge < -0.3 is 14.7 Å². The zero-order valence-electron chi connectivity index (χ0n) is 14.6. The minimum Gasteiger partial charge on any atom is -0.493 e. The van der Waals surface area contributed by atoms with Crippen molar-refractivity contribution < 1.29 is 27.8 Å². The van der Waals surface area contributed by atoms with E-state index in [4.69, 9.17) is 9.84 Å². The van der Waals surface area contributed by atoms with Gasteiger partial charge in [-0.1, -0.05) is 24.3 Å². The van der Waals surface area contributed by atoms with E-state index in [-0.39, 0.29) is 24.7 Å². The van der Waals surface area contributed by atoms with Crippen LogP contribution in [0.15, 0.2) is 48.5 Å². The van der Waals surface area contributed by atoms with E-state index in [0.29, 0.717) is 6.54 Å². The van der Waals surface area contributed by atoms with Gasteiger partial charge >= 0.3 is 12.1 Å². The lowest BCUT2D eigenvalue weighted by Crippen LogP contribution is -2.22. The fraction of sp³-hybridized carbons (Fsp3) is 0.350. The summed E-state index contributed by atoms with van der Waals surface area (Å²) in [5.41, 5.74) is 0.881. The first kappa shape index (κ1) is 19.1. The van der Waals surface area contributed by atoms with E-state index in [9.17, 15) is 18.0 Å². The minimum atomic E-state index is -4.44. The van der Waals surface area contributed by atoms with E-state index in [1.54, 1.807) is 6.07 Å². The van der Waals surface area contributed by atoms with Crippen LogP contribution in [0.2, 0.25) is 0 Å². The van der Waals surface area contributed by atoms with Crippen LogP contribution in [0, 0.1) is 5.92 Å². The van der Waals surface area contributed by atoms with Crippen molar-refractivity contribution in [3.8, 4) is 5.75 Å². The molecule has 0 saturated carbocycles. The van der Waals surface area contributed by atoms with Gasteiger partial charge in [0, 0.05) is 24.7 Å². The molecule has 1 N–H and O–H groups in total. The van der Waals surface area contributed by atoms with Crippen molar-refractivity contribution in [1.29, 1.82) is 0 Å². The Morgan fingerprint density at radius 1 is 1.19 bits per heavy atom. The van der Waals surface area contributed by atoms with Crippen LogP contribution in [-0.2, 0) is 17.4 Å². The highest BCUT2D eigenvalue weighted by molar-refractivity contribution is 5.71. The first-order valence-corrected chi connectivity index (χ1v) is 8.67. The van der Waals surface area contributed by atoms with Gasteiger partial charge in [0.2, 0.25) is 0 Å². The van der Waals surface area contributed by atoms with E-state index in [1.807, 2.05) is 18.2 Å². The van der Waals surface area contributed by atoms with Crippen LogP contribution < -0.4 is 9.64 Å². The maximum absolute atomic E-state index is 13.0. The predicted octanol–water partition coefficient (Wildman–Crippen LogP) is 4.24. The summed E-state index contributed by atoms with van der Waals surface area (Å²) in [4.78, 5) is 13.0. The van der Waals surface area contributed by atoms with E-state index in [2.05, 4.69) is 4.90 Å². The lowest BCUT2D eigenvalue weighted by atomic mass is 10.1. The molecule has 0 spiro atoms. The molecule has 1 unspecified atom stereocenters. The lowest BCUT2D eigenvalue weighted by molar-refractivity contribution is -0.139. The number of ether oxygens (including phenoxy) is 1. The monoisotopic (exact) mass is 379 g/mol. The van der Waals surface area contributed by atoms with Gasteiger partial charge in [-0.05, 0) is 36.2 Å². The SMILES string of the molecule is O=C(O)Cc1cccc(N2CCC(COc3ccccc3C(F)(F)F)C2)c1. The number of halogens is 3. The standard InChI is InChI=1S/C20H20F3NO3/c21-20(22,23)17-6-1-2-7-18(17)27-13-15-8-9-24(12-15)16-5-3-4-14(10-16)11-19(25)26/h1-7,10,15H,8-9,11-13H2,(H,25,26). The third-order valence-electron chi connectivity index (χ3n) is 4.58. The van der Waals surface area contributed by atoms with Crippen molar-refractivity contribution in [1.82, 2.24) is 0 Å². The third kappa shape index (κ3) is 4.93. The Bertz CT molecular complexity index is 807. The van der Waals surface area contributed by atoms with Crippen molar-refractivity contribution in [2.45, 2.75) is 19.0 Å². The molecule has 0 amide bonds. The van der Waals surface area contributed by atoms with Crippen LogP contribution in [-0.4, -0.2) is 30.8 Å². The molecule has 1 atom stereocenters.